The van der Waals surface area contributed by atoms with Crippen LogP contribution in [0.3, 0.4) is 0 Å². The molecule has 1 N–H and O–H groups in total. The van der Waals surface area contributed by atoms with Crippen molar-refractivity contribution in [3.05, 3.63) is 21.6 Å². The van der Waals surface area contributed by atoms with Gasteiger partial charge in [-0.3, -0.25) is 4.79 Å². The summed E-state index contributed by atoms with van der Waals surface area (Å²) in [6.45, 7) is 2.99. The van der Waals surface area contributed by atoms with E-state index < -0.39 is 0 Å². The highest BCUT2D eigenvalue weighted by atomic mass is 35.5. The van der Waals surface area contributed by atoms with Gasteiger partial charge in [-0.1, -0.05) is 24.9 Å². The fraction of sp³-hybridized carbons (Fsp3) is 0.750. The molecule has 21 heavy (non-hydrogen) atoms. The van der Waals surface area contributed by atoms with Crippen molar-refractivity contribution in [3.8, 4) is 0 Å². The van der Waals surface area contributed by atoms with Gasteiger partial charge in [-0.25, -0.2) is 4.68 Å². The fourth-order valence-corrected chi connectivity index (χ4v) is 3.37. The van der Waals surface area contributed by atoms with Crippen molar-refractivity contribution in [2.75, 3.05) is 5.32 Å². The second kappa shape index (κ2) is 6.39. The molecule has 0 saturated heterocycles. The summed E-state index contributed by atoms with van der Waals surface area (Å²) in [6, 6.07) is 0.370. The number of hydrogen-bond donors (Lipinski definition) is 1. The van der Waals surface area contributed by atoms with E-state index >= 15 is 0 Å². The third-order valence-corrected chi connectivity index (χ3v) is 5.18. The second-order valence-electron chi connectivity index (χ2n) is 6.57. The predicted molar refractivity (Wildman–Crippen MR) is 85.9 cm³/mol. The molecule has 0 radical (unpaired) electrons. The number of aromatic nitrogens is 2. The van der Waals surface area contributed by atoms with Gasteiger partial charge in [0.2, 0.25) is 0 Å². The van der Waals surface area contributed by atoms with E-state index in [1.807, 2.05) is 0 Å². The van der Waals surface area contributed by atoms with Crippen LogP contribution >= 0.6 is 11.6 Å². The lowest BCUT2D eigenvalue weighted by atomic mass is 9.84. The van der Waals surface area contributed by atoms with Crippen LogP contribution in [0.1, 0.15) is 51.9 Å². The quantitative estimate of drug-likeness (QED) is 0.902. The Balaban J connectivity index is 1.70. The van der Waals surface area contributed by atoms with Gasteiger partial charge in [0, 0.05) is 12.6 Å². The largest absolute Gasteiger partial charge is 0.377 e. The summed E-state index contributed by atoms with van der Waals surface area (Å²) in [7, 11) is 0. The zero-order valence-corrected chi connectivity index (χ0v) is 13.4. The van der Waals surface area contributed by atoms with Gasteiger partial charge in [0.1, 0.15) is 5.69 Å². The normalized spacial score (nSPS) is 25.8. The molecule has 5 heteroatoms. The highest BCUT2D eigenvalue weighted by molar-refractivity contribution is 6.33. The Bertz CT molecular complexity index is 545. The molecule has 116 valence electrons. The average molecular weight is 310 g/mol. The molecule has 1 aromatic heterocycles. The molecule has 0 spiro atoms. The Morgan fingerprint density at radius 3 is 2.52 bits per heavy atom. The molecule has 0 bridgehead atoms. The highest BCUT2D eigenvalue weighted by Gasteiger charge is 2.25. The first-order valence-electron chi connectivity index (χ1n) is 8.19. The molecule has 2 aliphatic carbocycles. The summed E-state index contributed by atoms with van der Waals surface area (Å²) in [5.74, 6) is 1.48. The minimum absolute atomic E-state index is 0.0629. The fourth-order valence-electron chi connectivity index (χ4n) is 3.19. The van der Waals surface area contributed by atoms with E-state index in [0.29, 0.717) is 22.7 Å². The first-order chi connectivity index (χ1) is 10.2. The molecule has 3 rings (SSSR count). The summed E-state index contributed by atoms with van der Waals surface area (Å²) < 4.78 is 1.57. The summed E-state index contributed by atoms with van der Waals surface area (Å²) in [5, 5.41) is 8.01. The van der Waals surface area contributed by atoms with Crippen LogP contribution < -0.4 is 10.9 Å². The highest BCUT2D eigenvalue weighted by Crippen LogP contribution is 2.31. The minimum Gasteiger partial charge on any atom is -0.377 e. The third-order valence-electron chi connectivity index (χ3n) is 4.90. The van der Waals surface area contributed by atoms with Gasteiger partial charge >= 0.3 is 0 Å². The van der Waals surface area contributed by atoms with Crippen LogP contribution in [0.2, 0.25) is 5.02 Å². The molecule has 2 fully saturated rings. The first-order valence-corrected chi connectivity index (χ1v) is 8.57. The monoisotopic (exact) mass is 309 g/mol. The van der Waals surface area contributed by atoms with Crippen LogP contribution in [-0.2, 0) is 6.54 Å². The van der Waals surface area contributed by atoms with Crippen LogP contribution in [0.25, 0.3) is 0 Å². The van der Waals surface area contributed by atoms with Gasteiger partial charge in [0.25, 0.3) is 5.56 Å². The lowest BCUT2D eigenvalue weighted by Gasteiger charge is -2.29. The van der Waals surface area contributed by atoms with Gasteiger partial charge in [-0.15, -0.1) is 0 Å². The number of halogens is 1. The lowest BCUT2D eigenvalue weighted by Crippen LogP contribution is -2.32. The number of hydrogen-bond acceptors (Lipinski definition) is 3. The number of nitrogens with zero attached hydrogens (tertiary/aromatic N) is 2. The van der Waals surface area contributed by atoms with Crippen molar-refractivity contribution in [2.45, 2.75) is 64.5 Å². The molecule has 4 nitrogen and oxygen atoms in total. The summed E-state index contributed by atoms with van der Waals surface area (Å²) in [4.78, 5) is 12.5. The molecule has 0 amide bonds. The Hall–Kier alpha value is -1.03. The third kappa shape index (κ3) is 3.60. The molecule has 0 aromatic carbocycles. The number of rotatable bonds is 5. The maximum Gasteiger partial charge on any atom is 0.291 e. The molecule has 2 saturated carbocycles. The first kappa shape index (κ1) is 14.9. The maximum atomic E-state index is 12.5. The van der Waals surface area contributed by atoms with E-state index in [1.165, 1.54) is 32.1 Å². The molecule has 0 aliphatic heterocycles. The molecule has 0 unspecified atom stereocenters. The summed E-state index contributed by atoms with van der Waals surface area (Å²) in [5.41, 5.74) is 0.485. The smallest absolute Gasteiger partial charge is 0.291 e. The van der Waals surface area contributed by atoms with E-state index in [2.05, 4.69) is 17.3 Å². The standard InChI is InChI=1S/C16H24ClN3O/c1-2-11-5-7-13(8-6-11)19-15-14(17)9-18-20(16(15)21)10-12-3-4-12/h9,11-13,19H,2-8,10H2,1H3. The molecular weight excluding hydrogens is 286 g/mol. The van der Waals surface area contributed by atoms with Crippen molar-refractivity contribution >= 4 is 17.3 Å². The van der Waals surface area contributed by atoms with E-state index in [1.54, 1.807) is 10.9 Å². The van der Waals surface area contributed by atoms with Crippen LogP contribution in [0.4, 0.5) is 5.69 Å². The molecular formula is C16H24ClN3O. The van der Waals surface area contributed by atoms with E-state index in [4.69, 9.17) is 11.6 Å². The van der Waals surface area contributed by atoms with Crippen molar-refractivity contribution in [3.63, 3.8) is 0 Å². The van der Waals surface area contributed by atoms with Crippen molar-refractivity contribution in [1.29, 1.82) is 0 Å². The predicted octanol–water partition coefficient (Wildman–Crippen LogP) is 3.69. The van der Waals surface area contributed by atoms with Crippen molar-refractivity contribution < 1.29 is 0 Å². The minimum atomic E-state index is -0.0629. The van der Waals surface area contributed by atoms with Crippen molar-refractivity contribution in [2.24, 2.45) is 11.8 Å². The topological polar surface area (TPSA) is 46.9 Å². The van der Waals surface area contributed by atoms with Crippen LogP contribution in [-0.4, -0.2) is 15.8 Å². The molecule has 2 aliphatic rings. The number of anilines is 1. The lowest BCUT2D eigenvalue weighted by molar-refractivity contribution is 0.330. The Kier molecular flexibility index (Phi) is 4.53. The molecule has 1 aromatic rings. The van der Waals surface area contributed by atoms with Crippen molar-refractivity contribution in [1.82, 2.24) is 9.78 Å². The summed E-state index contributed by atoms with van der Waals surface area (Å²) >= 11 is 6.19. The Morgan fingerprint density at radius 2 is 1.90 bits per heavy atom. The van der Waals surface area contributed by atoms with Crippen LogP contribution in [0.15, 0.2) is 11.0 Å². The van der Waals surface area contributed by atoms with E-state index in [-0.39, 0.29) is 5.56 Å². The van der Waals surface area contributed by atoms with E-state index in [0.717, 1.165) is 25.3 Å². The Labute approximate surface area is 130 Å². The van der Waals surface area contributed by atoms with Gasteiger partial charge in [-0.2, -0.15) is 5.10 Å². The van der Waals surface area contributed by atoms with Gasteiger partial charge in [0.05, 0.1) is 11.2 Å². The zero-order valence-electron chi connectivity index (χ0n) is 12.6. The Morgan fingerprint density at radius 1 is 1.24 bits per heavy atom. The van der Waals surface area contributed by atoms with Gasteiger partial charge < -0.3 is 5.32 Å². The van der Waals surface area contributed by atoms with Gasteiger partial charge in [-0.05, 0) is 50.4 Å². The van der Waals surface area contributed by atoms with E-state index in [9.17, 15) is 4.79 Å². The van der Waals surface area contributed by atoms with Gasteiger partial charge in [0.15, 0.2) is 0 Å². The molecule has 1 heterocycles. The number of nitrogens with one attached hydrogen (secondary N) is 1. The molecule has 0 atom stereocenters. The second-order valence-corrected chi connectivity index (χ2v) is 6.98. The summed E-state index contributed by atoms with van der Waals surface area (Å²) in [6.07, 6.45) is 10.0. The van der Waals surface area contributed by atoms with Crippen LogP contribution in [0.5, 0.6) is 0 Å². The SMILES string of the molecule is CCC1CCC(Nc2c(Cl)cnn(CC3CC3)c2=O)CC1. The maximum absolute atomic E-state index is 12.5. The zero-order chi connectivity index (χ0) is 14.8. The average Bonchev–Trinajstić information content (AvgIpc) is 3.31. The van der Waals surface area contributed by atoms with Crippen LogP contribution in [0, 0.1) is 11.8 Å².